The lowest BCUT2D eigenvalue weighted by atomic mass is 10.1. The highest BCUT2D eigenvalue weighted by molar-refractivity contribution is 5.34. The molecule has 1 aromatic rings. The second-order valence-corrected chi connectivity index (χ2v) is 3.17. The van der Waals surface area contributed by atoms with Gasteiger partial charge in [0.15, 0.2) is 0 Å². The molecule has 82 valence electrons. The smallest absolute Gasteiger partial charge is 0.123 e. The molecule has 1 aromatic carbocycles. The lowest BCUT2D eigenvalue weighted by Crippen LogP contribution is -2.05. The maximum absolute atomic E-state index is 12.9. The Kier molecular flexibility index (Phi) is 4.84. The maximum atomic E-state index is 12.9. The molecule has 0 unspecified atom stereocenters. The molecule has 0 aromatic heterocycles. The molecule has 0 atom stereocenters. The SMILES string of the molecule is C/C=C/COc1ccc(F)cc1CCN. The van der Waals surface area contributed by atoms with E-state index < -0.39 is 0 Å². The minimum atomic E-state index is -0.253. The van der Waals surface area contributed by atoms with Crippen LogP contribution in [0.2, 0.25) is 0 Å². The van der Waals surface area contributed by atoms with Crippen molar-refractivity contribution in [3.8, 4) is 5.75 Å². The molecule has 0 aliphatic heterocycles. The lowest BCUT2D eigenvalue weighted by Gasteiger charge is -2.09. The third-order valence-corrected chi connectivity index (χ3v) is 2.01. The van der Waals surface area contributed by atoms with Crippen molar-refractivity contribution < 1.29 is 9.13 Å². The van der Waals surface area contributed by atoms with E-state index in [4.69, 9.17) is 10.5 Å². The molecule has 0 saturated carbocycles. The summed E-state index contributed by atoms with van der Waals surface area (Å²) < 4.78 is 18.4. The van der Waals surface area contributed by atoms with Crippen LogP contribution in [0.4, 0.5) is 4.39 Å². The first-order valence-electron chi connectivity index (χ1n) is 5.00. The van der Waals surface area contributed by atoms with Crippen molar-refractivity contribution in [3.63, 3.8) is 0 Å². The van der Waals surface area contributed by atoms with Crippen LogP contribution in [0.25, 0.3) is 0 Å². The number of allylic oxidation sites excluding steroid dienone is 1. The van der Waals surface area contributed by atoms with Crippen LogP contribution in [0.15, 0.2) is 30.4 Å². The Hall–Kier alpha value is -1.35. The van der Waals surface area contributed by atoms with Crippen LogP contribution in [-0.4, -0.2) is 13.2 Å². The average Bonchev–Trinajstić information content (AvgIpc) is 2.22. The summed E-state index contributed by atoms with van der Waals surface area (Å²) in [6.07, 6.45) is 4.44. The van der Waals surface area contributed by atoms with Crippen LogP contribution in [-0.2, 0) is 6.42 Å². The zero-order chi connectivity index (χ0) is 11.1. The summed E-state index contributed by atoms with van der Waals surface area (Å²) in [5.74, 6) is 0.455. The first-order valence-corrected chi connectivity index (χ1v) is 5.00. The number of benzene rings is 1. The first-order chi connectivity index (χ1) is 7.27. The molecule has 0 saturated heterocycles. The van der Waals surface area contributed by atoms with Gasteiger partial charge in [-0.15, -0.1) is 0 Å². The van der Waals surface area contributed by atoms with Crippen molar-refractivity contribution in [1.82, 2.24) is 0 Å². The van der Waals surface area contributed by atoms with Gasteiger partial charge in [0.25, 0.3) is 0 Å². The Morgan fingerprint density at radius 3 is 2.93 bits per heavy atom. The van der Waals surface area contributed by atoms with Gasteiger partial charge < -0.3 is 10.5 Å². The van der Waals surface area contributed by atoms with Gasteiger partial charge >= 0.3 is 0 Å². The van der Waals surface area contributed by atoms with Crippen molar-refractivity contribution in [2.45, 2.75) is 13.3 Å². The second kappa shape index (κ2) is 6.19. The van der Waals surface area contributed by atoms with Gasteiger partial charge in [-0.25, -0.2) is 4.39 Å². The summed E-state index contributed by atoms with van der Waals surface area (Å²) in [6, 6.07) is 4.51. The normalized spacial score (nSPS) is 10.9. The van der Waals surface area contributed by atoms with Gasteiger partial charge in [0.05, 0.1) is 0 Å². The molecule has 0 aliphatic carbocycles. The topological polar surface area (TPSA) is 35.2 Å². The van der Waals surface area contributed by atoms with Crippen molar-refractivity contribution >= 4 is 0 Å². The predicted octanol–water partition coefficient (Wildman–Crippen LogP) is 2.28. The first kappa shape index (κ1) is 11.7. The monoisotopic (exact) mass is 209 g/mol. The zero-order valence-corrected chi connectivity index (χ0v) is 8.87. The molecule has 15 heavy (non-hydrogen) atoms. The number of rotatable bonds is 5. The maximum Gasteiger partial charge on any atom is 0.123 e. The van der Waals surface area contributed by atoms with E-state index in [1.807, 2.05) is 19.1 Å². The molecule has 0 bridgehead atoms. The molecule has 2 nitrogen and oxygen atoms in total. The Morgan fingerprint density at radius 1 is 1.47 bits per heavy atom. The summed E-state index contributed by atoms with van der Waals surface area (Å²) in [5.41, 5.74) is 6.26. The van der Waals surface area contributed by atoms with Gasteiger partial charge in [-0.2, -0.15) is 0 Å². The number of ether oxygens (including phenoxy) is 1. The molecule has 0 heterocycles. The van der Waals surface area contributed by atoms with E-state index in [1.165, 1.54) is 12.1 Å². The van der Waals surface area contributed by atoms with Crippen molar-refractivity contribution in [2.24, 2.45) is 5.73 Å². The van der Waals surface area contributed by atoms with E-state index in [9.17, 15) is 4.39 Å². The largest absolute Gasteiger partial charge is 0.489 e. The molecular formula is C12H16FNO. The van der Waals surface area contributed by atoms with E-state index >= 15 is 0 Å². The van der Waals surface area contributed by atoms with Crippen molar-refractivity contribution in [3.05, 3.63) is 41.7 Å². The van der Waals surface area contributed by atoms with Crippen LogP contribution < -0.4 is 10.5 Å². The van der Waals surface area contributed by atoms with Crippen molar-refractivity contribution in [2.75, 3.05) is 13.2 Å². The van der Waals surface area contributed by atoms with E-state index in [1.54, 1.807) is 6.07 Å². The molecule has 0 spiro atoms. The summed E-state index contributed by atoms with van der Waals surface area (Å²) >= 11 is 0. The Morgan fingerprint density at radius 2 is 2.27 bits per heavy atom. The lowest BCUT2D eigenvalue weighted by molar-refractivity contribution is 0.358. The molecule has 3 heteroatoms. The van der Waals surface area contributed by atoms with E-state index in [0.29, 0.717) is 25.3 Å². The molecule has 0 amide bonds. The standard InChI is InChI=1S/C12H16FNO/c1-2-3-8-15-12-5-4-11(13)9-10(12)6-7-14/h2-5,9H,6-8,14H2,1H3/b3-2+. The highest BCUT2D eigenvalue weighted by Gasteiger charge is 2.03. The van der Waals surface area contributed by atoms with Gasteiger partial charge in [0, 0.05) is 0 Å². The summed E-state index contributed by atoms with van der Waals surface area (Å²) in [6.45, 7) is 2.91. The van der Waals surface area contributed by atoms with E-state index in [2.05, 4.69) is 0 Å². The summed E-state index contributed by atoms with van der Waals surface area (Å²) in [7, 11) is 0. The zero-order valence-electron chi connectivity index (χ0n) is 8.87. The third-order valence-electron chi connectivity index (χ3n) is 2.01. The molecule has 1 rings (SSSR count). The summed E-state index contributed by atoms with van der Waals surface area (Å²) in [4.78, 5) is 0. The predicted molar refractivity (Wildman–Crippen MR) is 59.5 cm³/mol. The number of halogens is 1. The van der Waals surface area contributed by atoms with Crippen LogP contribution in [0.1, 0.15) is 12.5 Å². The number of nitrogens with two attached hydrogens (primary N) is 1. The van der Waals surface area contributed by atoms with Crippen LogP contribution in [0.3, 0.4) is 0 Å². The molecule has 0 radical (unpaired) electrons. The van der Waals surface area contributed by atoms with Gasteiger partial charge in [-0.3, -0.25) is 0 Å². The summed E-state index contributed by atoms with van der Waals surface area (Å²) in [5, 5.41) is 0. The molecular weight excluding hydrogens is 193 g/mol. The minimum absolute atomic E-state index is 0.253. The molecule has 2 N–H and O–H groups in total. The fraction of sp³-hybridized carbons (Fsp3) is 0.333. The third kappa shape index (κ3) is 3.72. The fourth-order valence-corrected chi connectivity index (χ4v) is 1.27. The van der Waals surface area contributed by atoms with Gasteiger partial charge in [0.1, 0.15) is 18.2 Å². The Balaban J connectivity index is 2.75. The van der Waals surface area contributed by atoms with Gasteiger partial charge in [0.2, 0.25) is 0 Å². The van der Waals surface area contributed by atoms with Gasteiger partial charge in [-0.05, 0) is 43.7 Å². The highest BCUT2D eigenvalue weighted by atomic mass is 19.1. The number of hydrogen-bond donors (Lipinski definition) is 1. The van der Waals surface area contributed by atoms with Crippen LogP contribution in [0.5, 0.6) is 5.75 Å². The Labute approximate surface area is 89.6 Å². The quantitative estimate of drug-likeness (QED) is 0.755. The minimum Gasteiger partial charge on any atom is -0.489 e. The van der Waals surface area contributed by atoms with Crippen LogP contribution in [0, 0.1) is 5.82 Å². The van der Waals surface area contributed by atoms with Crippen molar-refractivity contribution in [1.29, 1.82) is 0 Å². The molecule has 0 fully saturated rings. The highest BCUT2D eigenvalue weighted by Crippen LogP contribution is 2.19. The fourth-order valence-electron chi connectivity index (χ4n) is 1.27. The van der Waals surface area contributed by atoms with Crippen LogP contribution >= 0.6 is 0 Å². The van der Waals surface area contributed by atoms with E-state index in [0.717, 1.165) is 5.56 Å². The second-order valence-electron chi connectivity index (χ2n) is 3.17. The number of hydrogen-bond acceptors (Lipinski definition) is 2. The Bertz CT molecular complexity index is 336. The average molecular weight is 209 g/mol. The van der Waals surface area contributed by atoms with Gasteiger partial charge in [-0.1, -0.05) is 12.2 Å². The van der Waals surface area contributed by atoms with E-state index in [-0.39, 0.29) is 5.82 Å². The molecule has 0 aliphatic rings.